The summed E-state index contributed by atoms with van der Waals surface area (Å²) in [6, 6.07) is 10.6. The van der Waals surface area contributed by atoms with Gasteiger partial charge in [0.25, 0.3) is 0 Å². The molecule has 1 N–H and O–H groups in total. The SMILES string of the molecule is Cc1c(C#N)c(NC(=O)CN2CCC[C@@H]2c2nc3ccccc3s2)n(C[C@H]2CCCO2)c1C. The zero-order valence-corrected chi connectivity index (χ0v) is 20.0. The van der Waals surface area contributed by atoms with Crippen LogP contribution in [0.5, 0.6) is 0 Å². The molecule has 2 aliphatic heterocycles. The molecule has 0 spiro atoms. The van der Waals surface area contributed by atoms with Crippen LogP contribution in [0.25, 0.3) is 10.2 Å². The van der Waals surface area contributed by atoms with Gasteiger partial charge in [-0.15, -0.1) is 11.3 Å². The largest absolute Gasteiger partial charge is 0.376 e. The highest BCUT2D eigenvalue weighted by molar-refractivity contribution is 7.18. The van der Waals surface area contributed by atoms with Gasteiger partial charge in [-0.3, -0.25) is 9.69 Å². The Kier molecular flexibility index (Phi) is 6.19. The van der Waals surface area contributed by atoms with Crippen molar-refractivity contribution in [3.63, 3.8) is 0 Å². The van der Waals surface area contributed by atoms with E-state index in [1.807, 2.05) is 32.0 Å². The number of aromatic nitrogens is 2. The summed E-state index contributed by atoms with van der Waals surface area (Å²) in [5.41, 5.74) is 3.48. The fraction of sp³-hybridized carbons (Fsp3) is 0.480. The number of hydrogen-bond donors (Lipinski definition) is 1. The van der Waals surface area contributed by atoms with E-state index in [2.05, 4.69) is 26.9 Å². The molecule has 5 rings (SSSR count). The molecule has 0 bridgehead atoms. The second kappa shape index (κ2) is 9.26. The van der Waals surface area contributed by atoms with E-state index < -0.39 is 0 Å². The molecule has 0 saturated carbocycles. The molecule has 2 aromatic heterocycles. The molecule has 33 heavy (non-hydrogen) atoms. The zero-order valence-electron chi connectivity index (χ0n) is 19.1. The normalized spacial score (nSPS) is 21.0. The van der Waals surface area contributed by atoms with Gasteiger partial charge < -0.3 is 14.6 Å². The Morgan fingerprint density at radius 1 is 1.30 bits per heavy atom. The lowest BCUT2D eigenvalue weighted by Crippen LogP contribution is -2.33. The van der Waals surface area contributed by atoms with Crippen LogP contribution in [-0.4, -0.2) is 46.2 Å². The molecule has 2 atom stereocenters. The second-order valence-corrected chi connectivity index (χ2v) is 10.1. The topological polar surface area (TPSA) is 83.2 Å². The first-order chi connectivity index (χ1) is 16.0. The molecule has 172 valence electrons. The summed E-state index contributed by atoms with van der Waals surface area (Å²) < 4.78 is 9.05. The minimum atomic E-state index is -0.0920. The monoisotopic (exact) mass is 463 g/mol. The Morgan fingerprint density at radius 2 is 2.15 bits per heavy atom. The van der Waals surface area contributed by atoms with Gasteiger partial charge in [0.1, 0.15) is 16.9 Å². The summed E-state index contributed by atoms with van der Waals surface area (Å²) in [5, 5.41) is 13.9. The van der Waals surface area contributed by atoms with E-state index in [1.54, 1.807) is 11.3 Å². The number of para-hydroxylation sites is 1. The highest BCUT2D eigenvalue weighted by Crippen LogP contribution is 2.36. The summed E-state index contributed by atoms with van der Waals surface area (Å²) in [5.74, 6) is 0.509. The van der Waals surface area contributed by atoms with Crippen LogP contribution in [0.15, 0.2) is 24.3 Å². The molecule has 7 nitrogen and oxygen atoms in total. The highest BCUT2D eigenvalue weighted by Gasteiger charge is 2.31. The van der Waals surface area contributed by atoms with Crippen molar-refractivity contribution >= 4 is 33.3 Å². The predicted molar refractivity (Wildman–Crippen MR) is 129 cm³/mol. The van der Waals surface area contributed by atoms with Crippen LogP contribution in [0.4, 0.5) is 5.82 Å². The van der Waals surface area contributed by atoms with Gasteiger partial charge in [0.05, 0.1) is 41.0 Å². The van der Waals surface area contributed by atoms with Crippen molar-refractivity contribution in [2.24, 2.45) is 0 Å². The van der Waals surface area contributed by atoms with Gasteiger partial charge >= 0.3 is 0 Å². The molecule has 0 aliphatic carbocycles. The Hall–Kier alpha value is -2.73. The molecule has 1 aromatic carbocycles. The van der Waals surface area contributed by atoms with E-state index in [4.69, 9.17) is 9.72 Å². The summed E-state index contributed by atoms with van der Waals surface area (Å²) in [7, 11) is 0. The number of nitriles is 1. The average Bonchev–Trinajstić information content (AvgIpc) is 3.59. The second-order valence-electron chi connectivity index (χ2n) is 8.99. The van der Waals surface area contributed by atoms with E-state index in [1.165, 1.54) is 4.70 Å². The van der Waals surface area contributed by atoms with E-state index in [0.717, 1.165) is 60.6 Å². The highest BCUT2D eigenvalue weighted by atomic mass is 32.1. The molecule has 3 aromatic rings. The summed E-state index contributed by atoms with van der Waals surface area (Å²) >= 11 is 1.72. The van der Waals surface area contributed by atoms with Crippen molar-refractivity contribution in [3.8, 4) is 6.07 Å². The van der Waals surface area contributed by atoms with Gasteiger partial charge in [-0.1, -0.05) is 12.1 Å². The van der Waals surface area contributed by atoms with Crippen LogP contribution in [0.3, 0.4) is 0 Å². The lowest BCUT2D eigenvalue weighted by Gasteiger charge is -2.23. The Labute approximate surface area is 198 Å². The molecule has 8 heteroatoms. The zero-order chi connectivity index (χ0) is 22.9. The van der Waals surface area contributed by atoms with Gasteiger partial charge in [0, 0.05) is 12.3 Å². The number of fused-ring (bicyclic) bond motifs is 1. The fourth-order valence-electron chi connectivity index (χ4n) is 5.03. The van der Waals surface area contributed by atoms with E-state index >= 15 is 0 Å². The molecule has 2 aliphatic rings. The number of ether oxygens (including phenoxy) is 1. The van der Waals surface area contributed by atoms with Crippen LogP contribution in [0.2, 0.25) is 0 Å². The van der Waals surface area contributed by atoms with E-state index in [-0.39, 0.29) is 24.6 Å². The third-order valence-corrected chi connectivity index (χ3v) is 8.05. The molecule has 4 heterocycles. The van der Waals surface area contributed by atoms with Crippen LogP contribution in [0, 0.1) is 25.2 Å². The van der Waals surface area contributed by atoms with Crippen molar-refractivity contribution in [2.45, 2.75) is 58.2 Å². The quantitative estimate of drug-likeness (QED) is 0.580. The van der Waals surface area contributed by atoms with Crippen molar-refractivity contribution in [1.82, 2.24) is 14.5 Å². The number of nitrogens with zero attached hydrogens (tertiary/aromatic N) is 4. The smallest absolute Gasteiger partial charge is 0.239 e. The lowest BCUT2D eigenvalue weighted by atomic mass is 10.2. The van der Waals surface area contributed by atoms with Crippen LogP contribution < -0.4 is 5.32 Å². The number of nitrogens with one attached hydrogen (secondary N) is 1. The first kappa shape index (κ1) is 22.1. The van der Waals surface area contributed by atoms with Gasteiger partial charge in [0.15, 0.2) is 0 Å². The number of benzene rings is 1. The van der Waals surface area contributed by atoms with E-state index in [9.17, 15) is 10.1 Å². The number of hydrogen-bond acceptors (Lipinski definition) is 6. The van der Waals surface area contributed by atoms with Crippen LogP contribution in [0.1, 0.15) is 53.6 Å². The lowest BCUT2D eigenvalue weighted by molar-refractivity contribution is -0.117. The molecule has 0 radical (unpaired) electrons. The number of thiazole rings is 1. The third-order valence-electron chi connectivity index (χ3n) is 6.91. The molecule has 1 amide bonds. The summed E-state index contributed by atoms with van der Waals surface area (Å²) in [6.07, 6.45) is 4.23. The van der Waals surface area contributed by atoms with Gasteiger partial charge in [-0.25, -0.2) is 4.98 Å². The van der Waals surface area contributed by atoms with Crippen molar-refractivity contribution in [2.75, 3.05) is 25.0 Å². The number of rotatable bonds is 6. The molecule has 2 fully saturated rings. The third kappa shape index (κ3) is 4.29. The number of likely N-dealkylation sites (tertiary alicyclic amines) is 1. The summed E-state index contributed by atoms with van der Waals surface area (Å²) in [6.45, 7) is 6.53. The number of carbonyl (C=O) groups is 1. The van der Waals surface area contributed by atoms with Crippen LogP contribution >= 0.6 is 11.3 Å². The van der Waals surface area contributed by atoms with Gasteiger partial charge in [0.2, 0.25) is 5.91 Å². The molecule has 2 saturated heterocycles. The number of amides is 1. The fourth-order valence-corrected chi connectivity index (χ4v) is 6.17. The average molecular weight is 464 g/mol. The molecule has 0 unspecified atom stereocenters. The van der Waals surface area contributed by atoms with E-state index in [0.29, 0.717) is 17.9 Å². The standard InChI is InChI=1S/C25H29N5O2S/c1-16-17(2)30(14-18-7-6-12-32-18)24(19(16)13-26)28-23(31)15-29-11-5-9-21(29)25-27-20-8-3-4-10-22(20)33-25/h3-4,8,10,18,21H,5-7,9,11-12,14-15H2,1-2H3,(H,28,31)/t18-,21-/m1/s1. The number of carbonyl (C=O) groups excluding carboxylic acids is 1. The minimum Gasteiger partial charge on any atom is -0.376 e. The molecular formula is C25H29N5O2S. The molecular weight excluding hydrogens is 434 g/mol. The minimum absolute atomic E-state index is 0.0920. The Balaban J connectivity index is 1.34. The van der Waals surface area contributed by atoms with Crippen molar-refractivity contribution in [3.05, 3.63) is 46.1 Å². The Morgan fingerprint density at radius 3 is 2.91 bits per heavy atom. The number of anilines is 1. The van der Waals surface area contributed by atoms with Crippen molar-refractivity contribution < 1.29 is 9.53 Å². The Bertz CT molecular complexity index is 1180. The summed E-state index contributed by atoms with van der Waals surface area (Å²) in [4.78, 5) is 20.2. The predicted octanol–water partition coefficient (Wildman–Crippen LogP) is 4.54. The maximum atomic E-state index is 13.2. The van der Waals surface area contributed by atoms with Gasteiger partial charge in [-0.05, 0) is 63.8 Å². The van der Waals surface area contributed by atoms with Crippen LogP contribution in [-0.2, 0) is 16.1 Å². The maximum Gasteiger partial charge on any atom is 0.239 e. The first-order valence-corrected chi connectivity index (χ1v) is 12.5. The van der Waals surface area contributed by atoms with Gasteiger partial charge in [-0.2, -0.15) is 5.26 Å². The first-order valence-electron chi connectivity index (χ1n) is 11.7. The maximum absolute atomic E-state index is 13.2. The van der Waals surface area contributed by atoms with Crippen molar-refractivity contribution in [1.29, 1.82) is 5.26 Å².